The number of nitro groups is 1. The van der Waals surface area contributed by atoms with E-state index >= 15 is 0 Å². The van der Waals surface area contributed by atoms with Crippen molar-refractivity contribution in [3.63, 3.8) is 0 Å². The molecule has 0 amide bonds. The highest BCUT2D eigenvalue weighted by atomic mass is 19.1. The van der Waals surface area contributed by atoms with E-state index in [0.29, 0.717) is 19.2 Å². The second-order valence-corrected chi connectivity index (χ2v) is 4.94. The number of hydrogen-bond donors (Lipinski definition) is 1. The minimum absolute atomic E-state index is 0.140. The summed E-state index contributed by atoms with van der Waals surface area (Å²) in [6.45, 7) is 6.82. The fourth-order valence-corrected chi connectivity index (χ4v) is 2.02. The largest absolute Gasteiger partial charge is 0.478 e. The SMILES string of the molecule is CCC(C)CN(CC)c1cc(C(=O)O)c(F)cc1[N+](=O)[O-]. The molecule has 0 radical (unpaired) electrons. The number of rotatable bonds is 7. The highest BCUT2D eigenvalue weighted by Gasteiger charge is 2.25. The number of carbonyl (C=O) groups is 1. The number of hydrogen-bond acceptors (Lipinski definition) is 4. The van der Waals surface area contributed by atoms with Gasteiger partial charge in [0.05, 0.1) is 16.6 Å². The third-order valence-electron chi connectivity index (χ3n) is 3.44. The summed E-state index contributed by atoms with van der Waals surface area (Å²) in [7, 11) is 0. The first-order valence-corrected chi connectivity index (χ1v) is 6.77. The average Bonchev–Trinajstić information content (AvgIpc) is 2.43. The highest BCUT2D eigenvalue weighted by Crippen LogP contribution is 2.32. The summed E-state index contributed by atoms with van der Waals surface area (Å²) in [5, 5.41) is 20.1. The summed E-state index contributed by atoms with van der Waals surface area (Å²) in [4.78, 5) is 23.1. The van der Waals surface area contributed by atoms with E-state index in [9.17, 15) is 19.3 Å². The lowest BCUT2D eigenvalue weighted by Gasteiger charge is -2.26. The van der Waals surface area contributed by atoms with Crippen molar-refractivity contribution in [1.82, 2.24) is 0 Å². The van der Waals surface area contributed by atoms with Crippen LogP contribution in [-0.4, -0.2) is 29.1 Å². The molecule has 0 saturated carbocycles. The number of benzene rings is 1. The Bertz CT molecular complexity index is 548. The normalized spacial score (nSPS) is 12.0. The molecule has 1 atom stereocenters. The molecule has 116 valence electrons. The number of carboxylic acid groups (broad SMARTS) is 1. The zero-order valence-corrected chi connectivity index (χ0v) is 12.3. The van der Waals surface area contributed by atoms with E-state index in [0.717, 1.165) is 12.5 Å². The molecule has 1 aromatic rings. The van der Waals surface area contributed by atoms with E-state index in [2.05, 4.69) is 0 Å². The number of halogens is 1. The van der Waals surface area contributed by atoms with Gasteiger partial charge in [-0.1, -0.05) is 20.3 Å². The lowest BCUT2D eigenvalue weighted by Crippen LogP contribution is -2.29. The molecular formula is C14H19FN2O4. The van der Waals surface area contributed by atoms with E-state index < -0.39 is 28.0 Å². The minimum atomic E-state index is -1.44. The Hall–Kier alpha value is -2.18. The molecule has 0 saturated heterocycles. The molecule has 6 nitrogen and oxygen atoms in total. The molecule has 0 aromatic heterocycles. The van der Waals surface area contributed by atoms with Crippen LogP contribution in [0, 0.1) is 21.8 Å². The van der Waals surface area contributed by atoms with E-state index in [1.807, 2.05) is 20.8 Å². The predicted molar refractivity (Wildman–Crippen MR) is 77.4 cm³/mol. The van der Waals surface area contributed by atoms with Crippen molar-refractivity contribution in [1.29, 1.82) is 0 Å². The van der Waals surface area contributed by atoms with Gasteiger partial charge >= 0.3 is 5.97 Å². The number of aromatic carboxylic acids is 1. The zero-order valence-electron chi connectivity index (χ0n) is 12.3. The van der Waals surface area contributed by atoms with Crippen molar-refractivity contribution in [3.05, 3.63) is 33.6 Å². The third kappa shape index (κ3) is 3.90. The van der Waals surface area contributed by atoms with Crippen LogP contribution in [0.15, 0.2) is 12.1 Å². The molecule has 0 spiro atoms. The van der Waals surface area contributed by atoms with Crippen LogP contribution in [0.3, 0.4) is 0 Å². The summed E-state index contributed by atoms with van der Waals surface area (Å²) in [6.07, 6.45) is 0.886. The molecule has 7 heteroatoms. The van der Waals surface area contributed by atoms with Crippen molar-refractivity contribution in [2.45, 2.75) is 27.2 Å². The molecule has 0 fully saturated rings. The van der Waals surface area contributed by atoms with Crippen molar-refractivity contribution >= 4 is 17.3 Å². The van der Waals surface area contributed by atoms with Crippen LogP contribution >= 0.6 is 0 Å². The first-order chi connectivity index (χ1) is 9.81. The molecule has 21 heavy (non-hydrogen) atoms. The Kier molecular flexibility index (Phi) is 5.63. The summed E-state index contributed by atoms with van der Waals surface area (Å²) in [5.41, 5.74) is -0.831. The van der Waals surface area contributed by atoms with Crippen molar-refractivity contribution in [2.75, 3.05) is 18.0 Å². The summed E-state index contributed by atoms with van der Waals surface area (Å²) in [5.74, 6) is -2.26. The van der Waals surface area contributed by atoms with Crippen LogP contribution in [-0.2, 0) is 0 Å². The topological polar surface area (TPSA) is 83.7 Å². The second kappa shape index (κ2) is 7.01. The Balaban J connectivity index is 3.38. The van der Waals surface area contributed by atoms with Crippen LogP contribution in [0.4, 0.5) is 15.8 Å². The van der Waals surface area contributed by atoms with Crippen LogP contribution in [0.1, 0.15) is 37.6 Å². The van der Waals surface area contributed by atoms with Gasteiger partial charge in [-0.15, -0.1) is 0 Å². The van der Waals surface area contributed by atoms with Gasteiger partial charge < -0.3 is 10.0 Å². The number of carboxylic acids is 1. The van der Waals surface area contributed by atoms with E-state index in [1.165, 1.54) is 0 Å². The van der Waals surface area contributed by atoms with Gasteiger partial charge in [-0.05, 0) is 18.9 Å². The number of anilines is 1. The maximum Gasteiger partial charge on any atom is 0.338 e. The molecule has 1 aromatic carbocycles. The highest BCUT2D eigenvalue weighted by molar-refractivity contribution is 5.90. The van der Waals surface area contributed by atoms with Gasteiger partial charge in [0, 0.05) is 13.1 Å². The number of nitro benzene ring substituents is 1. The molecule has 0 aliphatic rings. The molecular weight excluding hydrogens is 279 g/mol. The maximum absolute atomic E-state index is 13.6. The Morgan fingerprint density at radius 2 is 2.10 bits per heavy atom. The third-order valence-corrected chi connectivity index (χ3v) is 3.44. The monoisotopic (exact) mass is 298 g/mol. The minimum Gasteiger partial charge on any atom is -0.478 e. The standard InChI is InChI=1S/C14H19FN2O4/c1-4-9(3)8-16(5-2)12-6-10(14(18)19)11(15)7-13(12)17(20)21/h6-7,9H,4-5,8H2,1-3H3,(H,18,19). The zero-order chi connectivity index (χ0) is 16.2. The molecule has 1 unspecified atom stereocenters. The average molecular weight is 298 g/mol. The van der Waals surface area contributed by atoms with Gasteiger partial charge in [0.2, 0.25) is 0 Å². The van der Waals surface area contributed by atoms with Gasteiger partial charge in [-0.3, -0.25) is 10.1 Å². The summed E-state index contributed by atoms with van der Waals surface area (Å²) < 4.78 is 13.6. The Morgan fingerprint density at radius 1 is 1.48 bits per heavy atom. The van der Waals surface area contributed by atoms with Gasteiger partial charge in [-0.25, -0.2) is 9.18 Å². The van der Waals surface area contributed by atoms with E-state index in [4.69, 9.17) is 5.11 Å². The first-order valence-electron chi connectivity index (χ1n) is 6.77. The Morgan fingerprint density at radius 3 is 2.52 bits per heavy atom. The Labute approximate surface area is 122 Å². The van der Waals surface area contributed by atoms with Crippen LogP contribution < -0.4 is 4.90 Å². The summed E-state index contributed by atoms with van der Waals surface area (Å²) >= 11 is 0. The van der Waals surface area contributed by atoms with E-state index in [-0.39, 0.29) is 11.6 Å². The molecule has 0 aliphatic heterocycles. The lowest BCUT2D eigenvalue weighted by atomic mass is 10.1. The van der Waals surface area contributed by atoms with Gasteiger partial charge in [-0.2, -0.15) is 0 Å². The maximum atomic E-state index is 13.6. The second-order valence-electron chi connectivity index (χ2n) is 4.94. The fourth-order valence-electron chi connectivity index (χ4n) is 2.02. The number of nitrogens with zero attached hydrogens (tertiary/aromatic N) is 2. The fraction of sp³-hybridized carbons (Fsp3) is 0.500. The van der Waals surface area contributed by atoms with Gasteiger partial charge in [0.25, 0.3) is 5.69 Å². The molecule has 1 N–H and O–H groups in total. The van der Waals surface area contributed by atoms with E-state index in [1.54, 1.807) is 4.90 Å². The lowest BCUT2D eigenvalue weighted by molar-refractivity contribution is -0.384. The molecule has 0 heterocycles. The van der Waals surface area contributed by atoms with Gasteiger partial charge in [0.15, 0.2) is 0 Å². The van der Waals surface area contributed by atoms with Gasteiger partial charge in [0.1, 0.15) is 11.5 Å². The van der Waals surface area contributed by atoms with Crippen LogP contribution in [0.5, 0.6) is 0 Å². The molecule has 0 aliphatic carbocycles. The smallest absolute Gasteiger partial charge is 0.338 e. The molecule has 1 rings (SSSR count). The van der Waals surface area contributed by atoms with Crippen molar-refractivity contribution in [3.8, 4) is 0 Å². The van der Waals surface area contributed by atoms with Crippen molar-refractivity contribution in [2.24, 2.45) is 5.92 Å². The van der Waals surface area contributed by atoms with Crippen LogP contribution in [0.25, 0.3) is 0 Å². The predicted octanol–water partition coefficient (Wildman–Crippen LogP) is 3.30. The molecule has 0 bridgehead atoms. The summed E-state index contributed by atoms with van der Waals surface area (Å²) in [6, 6.07) is 1.72. The van der Waals surface area contributed by atoms with Crippen molar-refractivity contribution < 1.29 is 19.2 Å². The quantitative estimate of drug-likeness (QED) is 0.616. The first kappa shape index (κ1) is 16.9. The van der Waals surface area contributed by atoms with Crippen LogP contribution in [0.2, 0.25) is 0 Å².